The molecule has 5 unspecified atom stereocenters. The van der Waals surface area contributed by atoms with Crippen molar-refractivity contribution >= 4 is 11.8 Å². The standard InChI is InChI=1S/C37H52FN3O7/c1-6-25(4)35(37(44)40-20-26-8-11-29(38)12-9-26)41-36(43)31(24(2)3)19-33(42)32(39)23-47-21-27-10-13-30(28-14-17-46-22-28)34(18-27)48-16-7-15-45-5/h8-14,17-18,22,24-25,31-33,35,42H,6-7,15-16,19-21,23,39H2,1-5H3,(H,40,44)(H,41,43). The molecule has 5 N–H and O–H groups in total. The summed E-state index contributed by atoms with van der Waals surface area (Å²) in [5.41, 5.74) is 9.75. The van der Waals surface area contributed by atoms with E-state index in [1.807, 2.05) is 52.0 Å². The third-order valence-corrected chi connectivity index (χ3v) is 8.51. The number of nitrogens with two attached hydrogens (primary N) is 1. The topological polar surface area (TPSA) is 145 Å². The lowest BCUT2D eigenvalue weighted by atomic mass is 9.86. The van der Waals surface area contributed by atoms with Crippen LogP contribution < -0.4 is 21.1 Å². The summed E-state index contributed by atoms with van der Waals surface area (Å²) >= 11 is 0. The molecule has 1 heterocycles. The third kappa shape index (κ3) is 12.0. The van der Waals surface area contributed by atoms with Gasteiger partial charge in [-0.3, -0.25) is 9.59 Å². The van der Waals surface area contributed by atoms with Gasteiger partial charge in [0.05, 0.1) is 44.5 Å². The predicted molar refractivity (Wildman–Crippen MR) is 182 cm³/mol. The van der Waals surface area contributed by atoms with Crippen molar-refractivity contribution in [1.82, 2.24) is 10.6 Å². The third-order valence-electron chi connectivity index (χ3n) is 8.51. The van der Waals surface area contributed by atoms with E-state index in [1.54, 1.807) is 31.8 Å². The van der Waals surface area contributed by atoms with Gasteiger partial charge in [-0.25, -0.2) is 4.39 Å². The van der Waals surface area contributed by atoms with Crippen LogP contribution in [0.2, 0.25) is 0 Å². The molecule has 48 heavy (non-hydrogen) atoms. The van der Waals surface area contributed by atoms with Gasteiger partial charge in [0.15, 0.2) is 0 Å². The maximum Gasteiger partial charge on any atom is 0.243 e. The van der Waals surface area contributed by atoms with Crippen molar-refractivity contribution in [2.45, 2.75) is 78.3 Å². The molecular formula is C37H52FN3O7. The summed E-state index contributed by atoms with van der Waals surface area (Å²) in [6.07, 6.45) is 3.78. The SMILES string of the molecule is CCC(C)C(NC(=O)C(CC(O)C(N)COCc1ccc(-c2ccoc2)c(OCCCOC)c1)C(C)C)C(=O)NCc1ccc(F)cc1. The van der Waals surface area contributed by atoms with Crippen LogP contribution in [0.4, 0.5) is 4.39 Å². The molecule has 5 atom stereocenters. The van der Waals surface area contributed by atoms with E-state index in [4.69, 9.17) is 24.4 Å². The van der Waals surface area contributed by atoms with Gasteiger partial charge >= 0.3 is 0 Å². The van der Waals surface area contributed by atoms with Crippen LogP contribution in [0, 0.1) is 23.6 Å². The van der Waals surface area contributed by atoms with Crippen LogP contribution in [0.15, 0.2) is 65.5 Å². The number of carbonyl (C=O) groups is 2. The number of amides is 2. The first-order chi connectivity index (χ1) is 23.0. The Kier molecular flexibility index (Phi) is 16.0. The van der Waals surface area contributed by atoms with Gasteiger partial charge in [-0.2, -0.15) is 0 Å². The van der Waals surface area contributed by atoms with Crippen LogP contribution >= 0.6 is 0 Å². The summed E-state index contributed by atoms with van der Waals surface area (Å²) in [6.45, 7) is 9.25. The maximum absolute atomic E-state index is 13.5. The molecule has 0 spiro atoms. The molecule has 0 saturated heterocycles. The molecule has 2 aromatic carbocycles. The maximum atomic E-state index is 13.5. The molecule has 3 rings (SSSR count). The van der Waals surface area contributed by atoms with E-state index in [0.717, 1.165) is 28.7 Å². The van der Waals surface area contributed by atoms with Crippen LogP contribution in [0.5, 0.6) is 5.75 Å². The van der Waals surface area contributed by atoms with E-state index in [-0.39, 0.29) is 55.6 Å². The monoisotopic (exact) mass is 669 g/mol. The lowest BCUT2D eigenvalue weighted by molar-refractivity contribution is -0.134. The molecular weight excluding hydrogens is 617 g/mol. The average Bonchev–Trinajstić information content (AvgIpc) is 3.62. The molecule has 10 nitrogen and oxygen atoms in total. The quantitative estimate of drug-likeness (QED) is 0.113. The Balaban J connectivity index is 1.56. The van der Waals surface area contributed by atoms with Gasteiger partial charge in [-0.1, -0.05) is 58.4 Å². The van der Waals surface area contributed by atoms with Crippen molar-refractivity contribution in [3.05, 3.63) is 78.0 Å². The van der Waals surface area contributed by atoms with E-state index in [0.29, 0.717) is 25.4 Å². The molecule has 1 aromatic heterocycles. The Morgan fingerprint density at radius 1 is 1.02 bits per heavy atom. The number of furan rings is 1. The van der Waals surface area contributed by atoms with E-state index >= 15 is 0 Å². The number of aliphatic hydroxyl groups excluding tert-OH is 1. The summed E-state index contributed by atoms with van der Waals surface area (Å²) in [5.74, 6) is -1.15. The van der Waals surface area contributed by atoms with Crippen LogP contribution in [-0.2, 0) is 32.2 Å². The zero-order chi connectivity index (χ0) is 35.1. The Bertz CT molecular complexity index is 1380. The Morgan fingerprint density at radius 3 is 2.40 bits per heavy atom. The molecule has 11 heteroatoms. The molecule has 3 aromatic rings. The Hall–Kier alpha value is -3.77. The number of hydrogen-bond donors (Lipinski definition) is 4. The number of nitrogens with one attached hydrogen (secondary N) is 2. The van der Waals surface area contributed by atoms with E-state index < -0.39 is 24.1 Å². The zero-order valence-electron chi connectivity index (χ0n) is 28.7. The number of methoxy groups -OCH3 is 1. The van der Waals surface area contributed by atoms with Gasteiger partial charge in [0.25, 0.3) is 0 Å². The van der Waals surface area contributed by atoms with Crippen LogP contribution in [-0.4, -0.2) is 62.0 Å². The van der Waals surface area contributed by atoms with Crippen molar-refractivity contribution < 1.29 is 37.7 Å². The minimum atomic E-state index is -1.01. The first-order valence-electron chi connectivity index (χ1n) is 16.6. The lowest BCUT2D eigenvalue weighted by Gasteiger charge is -2.29. The number of hydrogen-bond acceptors (Lipinski definition) is 8. The van der Waals surface area contributed by atoms with Gasteiger partial charge < -0.3 is 40.1 Å². The molecule has 0 aliphatic rings. The van der Waals surface area contributed by atoms with Crippen LogP contribution in [0.25, 0.3) is 11.1 Å². The first-order valence-corrected chi connectivity index (χ1v) is 16.6. The molecule has 264 valence electrons. The highest BCUT2D eigenvalue weighted by Crippen LogP contribution is 2.32. The Labute approximate surface area is 283 Å². The second kappa shape index (κ2) is 19.9. The average molecular weight is 670 g/mol. The van der Waals surface area contributed by atoms with E-state index in [2.05, 4.69) is 10.6 Å². The van der Waals surface area contributed by atoms with Crippen LogP contribution in [0.1, 0.15) is 58.1 Å². The van der Waals surface area contributed by atoms with Gasteiger partial charge in [0, 0.05) is 43.7 Å². The highest BCUT2D eigenvalue weighted by Gasteiger charge is 2.32. The normalized spacial score (nSPS) is 14.6. The van der Waals surface area contributed by atoms with E-state index in [9.17, 15) is 19.1 Å². The smallest absolute Gasteiger partial charge is 0.243 e. The molecule has 0 bridgehead atoms. The lowest BCUT2D eigenvalue weighted by Crippen LogP contribution is -2.52. The molecule has 0 aliphatic carbocycles. The minimum Gasteiger partial charge on any atom is -0.493 e. The summed E-state index contributed by atoms with van der Waals surface area (Å²) in [7, 11) is 1.65. The summed E-state index contributed by atoms with van der Waals surface area (Å²) in [4.78, 5) is 26.7. The summed E-state index contributed by atoms with van der Waals surface area (Å²) in [6, 6.07) is 12.0. The summed E-state index contributed by atoms with van der Waals surface area (Å²) in [5, 5.41) is 16.8. The highest BCUT2D eigenvalue weighted by molar-refractivity contribution is 5.88. The number of aliphatic hydroxyl groups is 1. The number of rotatable bonds is 21. The number of benzene rings is 2. The van der Waals surface area contributed by atoms with Gasteiger partial charge in [-0.15, -0.1) is 0 Å². The second-order valence-corrected chi connectivity index (χ2v) is 12.6. The van der Waals surface area contributed by atoms with Crippen molar-refractivity contribution in [3.8, 4) is 16.9 Å². The van der Waals surface area contributed by atoms with Crippen molar-refractivity contribution in [3.63, 3.8) is 0 Å². The van der Waals surface area contributed by atoms with Crippen LogP contribution in [0.3, 0.4) is 0 Å². The molecule has 2 amide bonds. The van der Waals surface area contributed by atoms with Gasteiger partial charge in [0.2, 0.25) is 11.8 Å². The fraction of sp³-hybridized carbons (Fsp3) is 0.514. The number of ether oxygens (including phenoxy) is 3. The van der Waals surface area contributed by atoms with Gasteiger partial charge in [-0.05, 0) is 53.6 Å². The highest BCUT2D eigenvalue weighted by atomic mass is 19.1. The molecule has 0 radical (unpaired) electrons. The molecule has 0 fully saturated rings. The fourth-order valence-corrected chi connectivity index (χ4v) is 5.22. The number of carbonyl (C=O) groups excluding carboxylic acids is 2. The fourth-order valence-electron chi connectivity index (χ4n) is 5.22. The van der Waals surface area contributed by atoms with Crippen molar-refractivity contribution in [2.75, 3.05) is 26.9 Å². The zero-order valence-corrected chi connectivity index (χ0v) is 28.7. The number of halogens is 1. The summed E-state index contributed by atoms with van der Waals surface area (Å²) < 4.78 is 35.6. The Morgan fingerprint density at radius 2 is 1.75 bits per heavy atom. The molecule has 0 aliphatic heterocycles. The van der Waals surface area contributed by atoms with Crippen molar-refractivity contribution in [2.24, 2.45) is 23.5 Å². The first kappa shape index (κ1) is 38.7. The second-order valence-electron chi connectivity index (χ2n) is 12.6. The van der Waals surface area contributed by atoms with Crippen molar-refractivity contribution in [1.29, 1.82) is 0 Å². The minimum absolute atomic E-state index is 0.0718. The largest absolute Gasteiger partial charge is 0.493 e. The van der Waals surface area contributed by atoms with Gasteiger partial charge in [0.1, 0.15) is 17.6 Å². The van der Waals surface area contributed by atoms with E-state index in [1.165, 1.54) is 12.1 Å². The molecule has 0 saturated carbocycles. The predicted octanol–water partition coefficient (Wildman–Crippen LogP) is 5.22.